The van der Waals surface area contributed by atoms with Gasteiger partial charge < -0.3 is 35.3 Å². The molecule has 2 saturated heterocycles. The van der Waals surface area contributed by atoms with E-state index in [4.69, 9.17) is 14.2 Å². The molecule has 3 aliphatic rings. The Morgan fingerprint density at radius 1 is 1.13 bits per heavy atom. The predicted octanol–water partition coefficient (Wildman–Crippen LogP) is 3.57. The number of benzene rings is 2. The SMILES string of the molecule is CN[C@H]1CO[C@@H]2OCC[C@H](OC(=O)N[C@@H](Cc3ccccc3)[C@H](O)CN(CC(C)C)S(=O)(=O)c3ccc4nc(NC5CC5)sc4c3)[C@@H]21. The lowest BCUT2D eigenvalue weighted by atomic mass is 9.91. The molecule has 1 aromatic heterocycles. The number of sulfonamides is 1. The molecule has 3 heterocycles. The summed E-state index contributed by atoms with van der Waals surface area (Å²) in [6.07, 6.45) is 0.210. The smallest absolute Gasteiger partial charge is 0.407 e. The first-order chi connectivity index (χ1) is 22.6. The van der Waals surface area contributed by atoms with Gasteiger partial charge in [0.2, 0.25) is 10.0 Å². The van der Waals surface area contributed by atoms with Gasteiger partial charge in [0.25, 0.3) is 0 Å². The molecule has 1 aliphatic carbocycles. The van der Waals surface area contributed by atoms with Crippen LogP contribution in [0.4, 0.5) is 9.93 Å². The van der Waals surface area contributed by atoms with Crippen LogP contribution in [-0.2, 0) is 30.7 Å². The van der Waals surface area contributed by atoms with E-state index in [0.29, 0.717) is 25.7 Å². The van der Waals surface area contributed by atoms with Crippen LogP contribution in [0.5, 0.6) is 0 Å². The zero-order valence-corrected chi connectivity index (χ0v) is 28.6. The monoisotopic (exact) mass is 687 g/mol. The molecular formula is C33H45N5O7S2. The largest absolute Gasteiger partial charge is 0.446 e. The molecule has 1 saturated carbocycles. The van der Waals surface area contributed by atoms with Crippen molar-refractivity contribution >= 4 is 42.8 Å². The number of fused-ring (bicyclic) bond motifs is 2. The van der Waals surface area contributed by atoms with Crippen LogP contribution in [0.2, 0.25) is 0 Å². The van der Waals surface area contributed by atoms with E-state index in [2.05, 4.69) is 20.9 Å². The van der Waals surface area contributed by atoms with Gasteiger partial charge in [0.1, 0.15) is 6.10 Å². The van der Waals surface area contributed by atoms with Crippen molar-refractivity contribution in [2.75, 3.05) is 38.7 Å². The molecule has 0 radical (unpaired) electrons. The second-order valence-electron chi connectivity index (χ2n) is 13.1. The lowest BCUT2D eigenvalue weighted by Crippen LogP contribution is -2.53. The number of ether oxygens (including phenoxy) is 3. The molecule has 1 amide bonds. The molecule has 47 heavy (non-hydrogen) atoms. The molecule has 14 heteroatoms. The molecule has 6 atom stereocenters. The Morgan fingerprint density at radius 2 is 1.91 bits per heavy atom. The van der Waals surface area contributed by atoms with Crippen LogP contribution < -0.4 is 16.0 Å². The van der Waals surface area contributed by atoms with Crippen molar-refractivity contribution in [3.63, 3.8) is 0 Å². The first kappa shape index (κ1) is 34.0. The second kappa shape index (κ2) is 14.7. The number of nitrogens with one attached hydrogen (secondary N) is 3. The fourth-order valence-corrected chi connectivity index (χ4v) is 8.98. The van der Waals surface area contributed by atoms with Crippen LogP contribution in [0, 0.1) is 11.8 Å². The Hall–Kier alpha value is -2.85. The summed E-state index contributed by atoms with van der Waals surface area (Å²) in [5, 5.41) is 21.9. The maximum absolute atomic E-state index is 14.1. The molecule has 0 unspecified atom stereocenters. The Kier molecular flexibility index (Phi) is 10.7. The molecule has 3 fully saturated rings. The number of alkyl carbamates (subject to hydrolysis) is 1. The average molecular weight is 688 g/mol. The summed E-state index contributed by atoms with van der Waals surface area (Å²) in [4.78, 5) is 18.1. The molecule has 3 aromatic rings. The number of aliphatic hydroxyl groups excluding tert-OH is 1. The summed E-state index contributed by atoms with van der Waals surface area (Å²) in [5.74, 6) is -0.181. The van der Waals surface area contributed by atoms with Crippen molar-refractivity contribution < 1.29 is 32.5 Å². The number of aliphatic hydroxyl groups is 1. The van der Waals surface area contributed by atoms with Gasteiger partial charge in [-0.15, -0.1) is 0 Å². The summed E-state index contributed by atoms with van der Waals surface area (Å²) in [6.45, 7) is 4.69. The molecule has 4 N–H and O–H groups in total. The molecule has 256 valence electrons. The van der Waals surface area contributed by atoms with Crippen molar-refractivity contribution in [3.8, 4) is 0 Å². The molecule has 0 spiro atoms. The topological polar surface area (TPSA) is 151 Å². The number of carbonyl (C=O) groups is 1. The van der Waals surface area contributed by atoms with Crippen LogP contribution in [0.25, 0.3) is 10.2 Å². The van der Waals surface area contributed by atoms with Gasteiger partial charge in [-0.3, -0.25) is 0 Å². The first-order valence-electron chi connectivity index (χ1n) is 16.4. The van der Waals surface area contributed by atoms with Crippen LogP contribution in [0.3, 0.4) is 0 Å². The van der Waals surface area contributed by atoms with E-state index in [1.54, 1.807) is 18.2 Å². The van der Waals surface area contributed by atoms with Crippen molar-refractivity contribution in [1.82, 2.24) is 19.9 Å². The number of carbonyl (C=O) groups excluding carboxylic acids is 1. The summed E-state index contributed by atoms with van der Waals surface area (Å²) >= 11 is 1.43. The van der Waals surface area contributed by atoms with Crippen LogP contribution in [0.1, 0.15) is 38.7 Å². The number of hydrogen-bond acceptors (Lipinski definition) is 11. The highest BCUT2D eigenvalue weighted by Gasteiger charge is 2.47. The molecule has 2 aliphatic heterocycles. The summed E-state index contributed by atoms with van der Waals surface area (Å²) in [5.41, 5.74) is 1.62. The molecule has 6 rings (SSSR count). The zero-order valence-electron chi connectivity index (χ0n) is 27.0. The minimum atomic E-state index is -4.01. The van der Waals surface area contributed by atoms with Gasteiger partial charge in [-0.1, -0.05) is 55.5 Å². The number of amides is 1. The minimum absolute atomic E-state index is 0.0147. The maximum Gasteiger partial charge on any atom is 0.407 e. The fraction of sp³-hybridized carbons (Fsp3) is 0.576. The average Bonchev–Trinajstić information content (AvgIpc) is 3.60. The molecule has 0 bridgehead atoms. The van der Waals surface area contributed by atoms with Gasteiger partial charge >= 0.3 is 6.09 Å². The van der Waals surface area contributed by atoms with Gasteiger partial charge in [-0.25, -0.2) is 18.2 Å². The van der Waals surface area contributed by atoms with Crippen LogP contribution in [0.15, 0.2) is 53.4 Å². The summed E-state index contributed by atoms with van der Waals surface area (Å²) in [6, 6.07) is 14.0. The van der Waals surface area contributed by atoms with Crippen molar-refractivity contribution in [2.45, 2.75) is 81.0 Å². The number of thiazole rings is 1. The van der Waals surface area contributed by atoms with Crippen LogP contribution in [-0.4, -0.2) is 98.9 Å². The molecule has 2 aromatic carbocycles. The normalized spacial score (nSPS) is 24.3. The summed E-state index contributed by atoms with van der Waals surface area (Å²) < 4.78 is 47.7. The van der Waals surface area contributed by atoms with Gasteiger partial charge in [-0.2, -0.15) is 4.31 Å². The lowest BCUT2D eigenvalue weighted by molar-refractivity contribution is -0.180. The van der Waals surface area contributed by atoms with Crippen molar-refractivity contribution in [2.24, 2.45) is 11.8 Å². The van der Waals surface area contributed by atoms with Crippen LogP contribution >= 0.6 is 11.3 Å². The molecule has 12 nitrogen and oxygen atoms in total. The van der Waals surface area contributed by atoms with Gasteiger partial charge in [0.15, 0.2) is 11.4 Å². The Morgan fingerprint density at radius 3 is 2.64 bits per heavy atom. The number of hydrogen-bond donors (Lipinski definition) is 4. The van der Waals surface area contributed by atoms with E-state index in [0.717, 1.165) is 33.8 Å². The van der Waals surface area contributed by atoms with E-state index in [9.17, 15) is 18.3 Å². The van der Waals surface area contributed by atoms with Gasteiger partial charge in [0, 0.05) is 31.6 Å². The third-order valence-electron chi connectivity index (χ3n) is 8.89. The Balaban J connectivity index is 1.20. The standard InChI is InChI=1S/C33H45N5O7S2/c1-20(2)17-38(47(41,42)23-11-12-24-29(16-23)46-32(36-24)35-22-9-10-22)18-27(39)25(15-21-7-5-4-6-8-21)37-33(40)45-28-13-14-43-31-30(28)26(34-3)19-44-31/h4-8,11-12,16,20,22,25-28,30-31,34,39H,9-10,13-15,17-19H2,1-3H3,(H,35,36)(H,37,40)/t25-,26-,27+,28-,30-,31-/m0/s1. The van der Waals surface area contributed by atoms with E-state index in [1.807, 2.05) is 51.2 Å². The second-order valence-corrected chi connectivity index (χ2v) is 16.0. The van der Waals surface area contributed by atoms with Gasteiger partial charge in [0.05, 0.1) is 46.4 Å². The number of nitrogens with zero attached hydrogens (tertiary/aromatic N) is 2. The first-order valence-corrected chi connectivity index (χ1v) is 18.6. The maximum atomic E-state index is 14.1. The molecular weight excluding hydrogens is 643 g/mol. The van der Waals surface area contributed by atoms with E-state index in [1.165, 1.54) is 15.6 Å². The fourth-order valence-electron chi connectivity index (χ4n) is 6.28. The van der Waals surface area contributed by atoms with Crippen molar-refractivity contribution in [1.29, 1.82) is 0 Å². The third-order valence-corrected chi connectivity index (χ3v) is 11.7. The number of aromatic nitrogens is 1. The summed E-state index contributed by atoms with van der Waals surface area (Å²) in [7, 11) is -2.17. The minimum Gasteiger partial charge on any atom is -0.446 e. The zero-order chi connectivity index (χ0) is 33.1. The quantitative estimate of drug-likeness (QED) is 0.198. The third kappa shape index (κ3) is 8.24. The highest BCUT2D eigenvalue weighted by molar-refractivity contribution is 7.89. The van der Waals surface area contributed by atoms with Gasteiger partial charge in [-0.05, 0) is 56.0 Å². The number of anilines is 1. The number of rotatable bonds is 14. The highest BCUT2D eigenvalue weighted by Crippen LogP contribution is 2.34. The highest BCUT2D eigenvalue weighted by atomic mass is 32.2. The Bertz CT molecular complexity index is 1610. The Labute approximate surface area is 280 Å². The lowest BCUT2D eigenvalue weighted by Gasteiger charge is -2.35. The van der Waals surface area contributed by atoms with E-state index < -0.39 is 40.7 Å². The van der Waals surface area contributed by atoms with Crippen molar-refractivity contribution in [3.05, 3.63) is 54.1 Å². The number of likely N-dealkylation sites (N-methyl/N-ethyl adjacent to an activating group) is 1. The van der Waals surface area contributed by atoms with E-state index >= 15 is 0 Å². The predicted molar refractivity (Wildman–Crippen MR) is 180 cm³/mol. The van der Waals surface area contributed by atoms with E-state index in [-0.39, 0.29) is 42.3 Å².